The number of ether oxygens (including phenoxy) is 1. The first kappa shape index (κ1) is 20.6. The summed E-state index contributed by atoms with van der Waals surface area (Å²) in [5.74, 6) is 0.853. The third kappa shape index (κ3) is 4.00. The fourth-order valence-corrected chi connectivity index (χ4v) is 3.90. The van der Waals surface area contributed by atoms with Crippen LogP contribution in [0.5, 0.6) is 5.75 Å². The highest BCUT2D eigenvalue weighted by Gasteiger charge is 2.26. The van der Waals surface area contributed by atoms with Gasteiger partial charge in [0.25, 0.3) is 5.91 Å². The second kappa shape index (κ2) is 8.70. The minimum atomic E-state index is -0.670. The van der Waals surface area contributed by atoms with Crippen LogP contribution in [0.15, 0.2) is 70.1 Å². The molecule has 3 aromatic heterocycles. The predicted molar refractivity (Wildman–Crippen MR) is 122 cm³/mol. The monoisotopic (exact) mass is 443 g/mol. The number of benzene rings is 1. The Morgan fingerprint density at radius 3 is 2.58 bits per heavy atom. The molecule has 0 saturated carbocycles. The van der Waals surface area contributed by atoms with Crippen molar-refractivity contribution in [1.29, 1.82) is 0 Å². The van der Waals surface area contributed by atoms with Crippen LogP contribution >= 0.6 is 0 Å². The van der Waals surface area contributed by atoms with Gasteiger partial charge in [-0.15, -0.1) is 10.2 Å². The van der Waals surface area contributed by atoms with Gasteiger partial charge >= 0.3 is 5.63 Å². The molecule has 9 heteroatoms. The number of carbonyl (C=O) groups is 1. The molecular weight excluding hydrogens is 422 g/mol. The van der Waals surface area contributed by atoms with E-state index in [1.54, 1.807) is 41.6 Å². The Hall–Kier alpha value is -4.27. The summed E-state index contributed by atoms with van der Waals surface area (Å²) in [5.41, 5.74) is 1.33. The molecule has 0 radical (unpaired) electrons. The van der Waals surface area contributed by atoms with E-state index in [2.05, 4.69) is 20.1 Å². The van der Waals surface area contributed by atoms with E-state index in [1.165, 1.54) is 7.11 Å². The van der Waals surface area contributed by atoms with Crippen molar-refractivity contribution < 1.29 is 13.9 Å². The molecule has 1 amide bonds. The standard InChI is InChI=1S/C24H21N5O4/c1-32-20-6-2-4-16-14-18(24(31)33-22(16)20)23(30)29-12-10-28(11-13-29)21-8-7-19(26-27-21)17-5-3-9-25-15-17/h2-9,14-15H,10-13H2,1H3. The van der Waals surface area contributed by atoms with E-state index in [1.807, 2.05) is 24.3 Å². The molecule has 1 aliphatic rings. The lowest BCUT2D eigenvalue weighted by atomic mass is 10.1. The fourth-order valence-electron chi connectivity index (χ4n) is 3.90. The van der Waals surface area contributed by atoms with Crippen LogP contribution < -0.4 is 15.3 Å². The minimum Gasteiger partial charge on any atom is -0.493 e. The van der Waals surface area contributed by atoms with E-state index in [9.17, 15) is 9.59 Å². The molecule has 1 fully saturated rings. The highest BCUT2D eigenvalue weighted by Crippen LogP contribution is 2.25. The van der Waals surface area contributed by atoms with Crippen LogP contribution in [0.4, 0.5) is 5.82 Å². The molecule has 0 unspecified atom stereocenters. The van der Waals surface area contributed by atoms with Gasteiger partial charge in [-0.05, 0) is 36.4 Å². The van der Waals surface area contributed by atoms with Crippen LogP contribution in [0.1, 0.15) is 10.4 Å². The summed E-state index contributed by atoms with van der Waals surface area (Å²) < 4.78 is 10.6. The van der Waals surface area contributed by atoms with Gasteiger partial charge in [0.05, 0.1) is 12.8 Å². The molecule has 1 aromatic carbocycles. The molecule has 4 heterocycles. The van der Waals surface area contributed by atoms with Crippen molar-refractivity contribution in [2.24, 2.45) is 0 Å². The number of amides is 1. The van der Waals surface area contributed by atoms with Crippen molar-refractivity contribution in [3.05, 3.63) is 76.9 Å². The maximum absolute atomic E-state index is 13.0. The molecule has 9 nitrogen and oxygen atoms in total. The quantitative estimate of drug-likeness (QED) is 0.444. The van der Waals surface area contributed by atoms with Gasteiger partial charge < -0.3 is 19.0 Å². The zero-order valence-corrected chi connectivity index (χ0v) is 18.0. The largest absolute Gasteiger partial charge is 0.493 e. The summed E-state index contributed by atoms with van der Waals surface area (Å²) in [6.07, 6.45) is 3.46. The molecule has 166 valence electrons. The Morgan fingerprint density at radius 2 is 1.88 bits per heavy atom. The lowest BCUT2D eigenvalue weighted by Gasteiger charge is -2.35. The first-order valence-electron chi connectivity index (χ1n) is 10.5. The smallest absolute Gasteiger partial charge is 0.349 e. The first-order valence-corrected chi connectivity index (χ1v) is 10.5. The third-order valence-electron chi connectivity index (χ3n) is 5.67. The van der Waals surface area contributed by atoms with Gasteiger partial charge in [0.1, 0.15) is 5.56 Å². The second-order valence-electron chi connectivity index (χ2n) is 7.62. The molecule has 4 aromatic rings. The Bertz CT molecular complexity index is 1350. The molecule has 1 aliphatic heterocycles. The molecule has 0 aliphatic carbocycles. The maximum atomic E-state index is 13.0. The number of methoxy groups -OCH3 is 1. The number of fused-ring (bicyclic) bond motifs is 1. The van der Waals surface area contributed by atoms with E-state index >= 15 is 0 Å². The van der Waals surface area contributed by atoms with E-state index in [4.69, 9.17) is 9.15 Å². The Labute approximate surface area is 189 Å². The highest BCUT2D eigenvalue weighted by molar-refractivity contribution is 5.97. The number of para-hydroxylation sites is 1. The molecule has 0 atom stereocenters. The van der Waals surface area contributed by atoms with Crippen LogP contribution in [0.25, 0.3) is 22.2 Å². The zero-order valence-electron chi connectivity index (χ0n) is 18.0. The maximum Gasteiger partial charge on any atom is 0.349 e. The van der Waals surface area contributed by atoms with Crippen LogP contribution in [0, 0.1) is 0 Å². The van der Waals surface area contributed by atoms with Crippen molar-refractivity contribution in [1.82, 2.24) is 20.1 Å². The number of nitrogens with zero attached hydrogens (tertiary/aromatic N) is 5. The summed E-state index contributed by atoms with van der Waals surface area (Å²) >= 11 is 0. The van der Waals surface area contributed by atoms with Crippen LogP contribution in [0.3, 0.4) is 0 Å². The number of hydrogen-bond donors (Lipinski definition) is 0. The molecule has 1 saturated heterocycles. The van der Waals surface area contributed by atoms with Gasteiger partial charge in [-0.2, -0.15) is 0 Å². The number of hydrogen-bond acceptors (Lipinski definition) is 8. The number of rotatable bonds is 4. The molecule has 33 heavy (non-hydrogen) atoms. The van der Waals surface area contributed by atoms with Gasteiger partial charge in [0, 0.05) is 49.5 Å². The van der Waals surface area contributed by atoms with Crippen LogP contribution in [-0.2, 0) is 0 Å². The van der Waals surface area contributed by atoms with Gasteiger partial charge in [0.2, 0.25) is 0 Å². The molecule has 5 rings (SSSR count). The lowest BCUT2D eigenvalue weighted by molar-refractivity contribution is 0.0742. The van der Waals surface area contributed by atoms with Crippen molar-refractivity contribution in [2.75, 3.05) is 38.2 Å². The second-order valence-corrected chi connectivity index (χ2v) is 7.62. The Kier molecular flexibility index (Phi) is 5.43. The van der Waals surface area contributed by atoms with Gasteiger partial charge in [0.15, 0.2) is 17.2 Å². The Morgan fingerprint density at radius 1 is 1.03 bits per heavy atom. The Balaban J connectivity index is 1.29. The van der Waals surface area contributed by atoms with Crippen molar-refractivity contribution >= 4 is 22.7 Å². The van der Waals surface area contributed by atoms with Crippen LogP contribution in [0.2, 0.25) is 0 Å². The predicted octanol–water partition coefficient (Wildman–Crippen LogP) is 2.62. The van der Waals surface area contributed by atoms with Crippen molar-refractivity contribution in [3.8, 4) is 17.0 Å². The molecule has 0 spiro atoms. The minimum absolute atomic E-state index is 0.0184. The van der Waals surface area contributed by atoms with E-state index in [-0.39, 0.29) is 11.5 Å². The number of anilines is 1. The number of carbonyl (C=O) groups excluding carboxylic acids is 1. The number of aromatic nitrogens is 3. The van der Waals surface area contributed by atoms with Crippen molar-refractivity contribution in [2.45, 2.75) is 0 Å². The number of pyridine rings is 1. The third-order valence-corrected chi connectivity index (χ3v) is 5.67. The fraction of sp³-hybridized carbons (Fsp3) is 0.208. The summed E-state index contributed by atoms with van der Waals surface area (Å²) in [6.45, 7) is 2.08. The molecule has 0 N–H and O–H groups in total. The summed E-state index contributed by atoms with van der Waals surface area (Å²) in [5, 5.41) is 9.28. The topological polar surface area (TPSA) is 102 Å². The van der Waals surface area contributed by atoms with Crippen molar-refractivity contribution in [3.63, 3.8) is 0 Å². The van der Waals surface area contributed by atoms with Crippen LogP contribution in [-0.4, -0.2) is 59.3 Å². The summed E-state index contributed by atoms with van der Waals surface area (Å²) in [4.78, 5) is 33.4. The average Bonchev–Trinajstić information content (AvgIpc) is 2.88. The molecule has 0 bridgehead atoms. The van der Waals surface area contributed by atoms with E-state index in [0.717, 1.165) is 17.1 Å². The summed E-state index contributed by atoms with van der Waals surface area (Å²) in [6, 6.07) is 14.5. The van der Waals surface area contributed by atoms with Gasteiger partial charge in [-0.25, -0.2) is 4.79 Å². The first-order chi connectivity index (χ1) is 16.1. The average molecular weight is 443 g/mol. The summed E-state index contributed by atoms with van der Waals surface area (Å²) in [7, 11) is 1.50. The number of piperazine rings is 1. The highest BCUT2D eigenvalue weighted by atomic mass is 16.5. The van der Waals surface area contributed by atoms with Gasteiger partial charge in [-0.3, -0.25) is 9.78 Å². The lowest BCUT2D eigenvalue weighted by Crippen LogP contribution is -2.49. The van der Waals surface area contributed by atoms with E-state index < -0.39 is 5.63 Å². The zero-order chi connectivity index (χ0) is 22.8. The molecular formula is C24H21N5O4. The SMILES string of the molecule is COc1cccc2cc(C(=O)N3CCN(c4ccc(-c5cccnc5)nn4)CC3)c(=O)oc12. The normalized spacial score (nSPS) is 13.8. The van der Waals surface area contributed by atoms with Gasteiger partial charge in [-0.1, -0.05) is 12.1 Å². The van der Waals surface area contributed by atoms with E-state index in [0.29, 0.717) is 42.9 Å².